The number of nitrogens with two attached hydrogens (primary N) is 1. The molecule has 7 nitrogen and oxygen atoms in total. The minimum atomic E-state index is 0.133. The zero-order valence-electron chi connectivity index (χ0n) is 15.8. The maximum absolute atomic E-state index is 12.1. The largest absolute Gasteiger partial charge is 0.399 e. The van der Waals surface area contributed by atoms with Gasteiger partial charge < -0.3 is 21.3 Å². The molecule has 0 aliphatic heterocycles. The SMILES string of the molecule is C=C(N)c1cnc(NC2CCC2)nc1NC1CCC(C(=O)N(C)C)CC1. The van der Waals surface area contributed by atoms with Crippen LogP contribution in [0.3, 0.4) is 0 Å². The fraction of sp³-hybridized carbons (Fsp3) is 0.632. The standard InChI is InChI=1S/C19H30N6O/c1-12(20)16-11-21-19(23-14-5-4-6-14)24-17(16)22-15-9-7-13(8-10-15)18(26)25(2)3/h11,13-15H,1,4-10,20H2,2-3H3,(H2,21,22,23,24). The van der Waals surface area contributed by atoms with Crippen LogP contribution in [0.25, 0.3) is 5.70 Å². The first-order valence-corrected chi connectivity index (χ1v) is 9.50. The summed E-state index contributed by atoms with van der Waals surface area (Å²) in [5, 5.41) is 6.89. The van der Waals surface area contributed by atoms with E-state index in [2.05, 4.69) is 27.2 Å². The summed E-state index contributed by atoms with van der Waals surface area (Å²) in [6.45, 7) is 3.84. The van der Waals surface area contributed by atoms with Crippen molar-refractivity contribution < 1.29 is 4.79 Å². The van der Waals surface area contributed by atoms with E-state index >= 15 is 0 Å². The molecule has 0 atom stereocenters. The number of amides is 1. The van der Waals surface area contributed by atoms with Crippen molar-refractivity contribution in [2.45, 2.75) is 57.0 Å². The second-order valence-electron chi connectivity index (χ2n) is 7.68. The van der Waals surface area contributed by atoms with Gasteiger partial charge >= 0.3 is 0 Å². The summed E-state index contributed by atoms with van der Waals surface area (Å²) in [5.74, 6) is 1.73. The topological polar surface area (TPSA) is 96.2 Å². The molecule has 7 heteroatoms. The predicted molar refractivity (Wildman–Crippen MR) is 105 cm³/mol. The number of rotatable bonds is 6. The van der Waals surface area contributed by atoms with Gasteiger partial charge in [0.15, 0.2) is 0 Å². The van der Waals surface area contributed by atoms with Crippen LogP contribution in [0.2, 0.25) is 0 Å². The zero-order valence-corrected chi connectivity index (χ0v) is 15.8. The van der Waals surface area contributed by atoms with E-state index in [-0.39, 0.29) is 17.9 Å². The van der Waals surface area contributed by atoms with Crippen molar-refractivity contribution in [3.63, 3.8) is 0 Å². The van der Waals surface area contributed by atoms with Crippen LogP contribution >= 0.6 is 0 Å². The average molecular weight is 358 g/mol. The fourth-order valence-corrected chi connectivity index (χ4v) is 3.57. The van der Waals surface area contributed by atoms with Crippen molar-refractivity contribution in [3.8, 4) is 0 Å². The Morgan fingerprint density at radius 3 is 2.35 bits per heavy atom. The van der Waals surface area contributed by atoms with E-state index in [9.17, 15) is 4.79 Å². The molecule has 0 saturated heterocycles. The molecular formula is C19H30N6O. The van der Waals surface area contributed by atoms with Crippen molar-refractivity contribution in [2.75, 3.05) is 24.7 Å². The third kappa shape index (κ3) is 4.26. The van der Waals surface area contributed by atoms with Crippen molar-refractivity contribution in [2.24, 2.45) is 11.7 Å². The number of aromatic nitrogens is 2. The van der Waals surface area contributed by atoms with E-state index in [1.54, 1.807) is 11.1 Å². The summed E-state index contributed by atoms with van der Waals surface area (Å²) in [7, 11) is 3.65. The van der Waals surface area contributed by atoms with E-state index in [0.29, 0.717) is 17.7 Å². The lowest BCUT2D eigenvalue weighted by atomic mass is 9.85. The van der Waals surface area contributed by atoms with E-state index < -0.39 is 0 Å². The molecule has 2 fully saturated rings. The average Bonchev–Trinajstić information content (AvgIpc) is 2.58. The van der Waals surface area contributed by atoms with Gasteiger partial charge in [0, 0.05) is 44.0 Å². The summed E-state index contributed by atoms with van der Waals surface area (Å²) in [5.41, 5.74) is 7.12. The predicted octanol–water partition coefficient (Wildman–Crippen LogP) is 2.43. The molecule has 0 unspecified atom stereocenters. The second kappa shape index (κ2) is 7.93. The highest BCUT2D eigenvalue weighted by Gasteiger charge is 2.28. The molecule has 1 heterocycles. The Bertz CT molecular complexity index is 662. The highest BCUT2D eigenvalue weighted by molar-refractivity contribution is 5.78. The van der Waals surface area contributed by atoms with Gasteiger partial charge in [-0.05, 0) is 44.9 Å². The Morgan fingerprint density at radius 2 is 1.81 bits per heavy atom. The molecule has 0 aromatic carbocycles. The first-order chi connectivity index (χ1) is 12.4. The van der Waals surface area contributed by atoms with Crippen molar-refractivity contribution >= 4 is 23.4 Å². The van der Waals surface area contributed by atoms with Gasteiger partial charge in [-0.25, -0.2) is 4.98 Å². The van der Waals surface area contributed by atoms with E-state index in [1.165, 1.54) is 19.3 Å². The van der Waals surface area contributed by atoms with Gasteiger partial charge in [-0.15, -0.1) is 0 Å². The molecular weight excluding hydrogens is 328 g/mol. The minimum Gasteiger partial charge on any atom is -0.399 e. The van der Waals surface area contributed by atoms with Crippen LogP contribution in [0.4, 0.5) is 11.8 Å². The lowest BCUT2D eigenvalue weighted by Crippen LogP contribution is -2.35. The van der Waals surface area contributed by atoms with Crippen molar-refractivity contribution in [1.29, 1.82) is 0 Å². The molecule has 1 aromatic heterocycles. The van der Waals surface area contributed by atoms with Gasteiger partial charge in [-0.3, -0.25) is 4.79 Å². The van der Waals surface area contributed by atoms with Crippen LogP contribution in [-0.4, -0.2) is 47.0 Å². The Kier molecular flexibility index (Phi) is 5.64. The number of nitrogens with zero attached hydrogens (tertiary/aromatic N) is 3. The van der Waals surface area contributed by atoms with Crippen LogP contribution < -0.4 is 16.4 Å². The number of carbonyl (C=O) groups is 1. The molecule has 1 aromatic rings. The van der Waals surface area contributed by atoms with Crippen LogP contribution in [0.5, 0.6) is 0 Å². The van der Waals surface area contributed by atoms with E-state index in [4.69, 9.17) is 5.73 Å². The molecule has 4 N–H and O–H groups in total. The van der Waals surface area contributed by atoms with Crippen LogP contribution in [-0.2, 0) is 4.79 Å². The molecule has 2 aliphatic carbocycles. The molecule has 3 rings (SSSR count). The summed E-state index contributed by atoms with van der Waals surface area (Å²) >= 11 is 0. The molecule has 0 spiro atoms. The van der Waals surface area contributed by atoms with Gasteiger partial charge in [0.1, 0.15) is 5.82 Å². The number of hydrogen-bond acceptors (Lipinski definition) is 6. The monoisotopic (exact) mass is 358 g/mol. The molecule has 0 radical (unpaired) electrons. The van der Waals surface area contributed by atoms with E-state index in [0.717, 1.165) is 37.1 Å². The minimum absolute atomic E-state index is 0.133. The third-order valence-electron chi connectivity index (χ3n) is 5.43. The number of carbonyl (C=O) groups excluding carboxylic acids is 1. The number of nitrogens with one attached hydrogen (secondary N) is 2. The summed E-state index contributed by atoms with van der Waals surface area (Å²) < 4.78 is 0. The van der Waals surface area contributed by atoms with Gasteiger partial charge in [0.25, 0.3) is 0 Å². The molecule has 2 aliphatic rings. The Labute approximate surface area is 155 Å². The number of hydrogen-bond donors (Lipinski definition) is 3. The smallest absolute Gasteiger partial charge is 0.225 e. The number of anilines is 2. The Hall–Kier alpha value is -2.31. The third-order valence-corrected chi connectivity index (χ3v) is 5.43. The molecule has 142 valence electrons. The zero-order chi connectivity index (χ0) is 18.7. The quantitative estimate of drug-likeness (QED) is 0.723. The first-order valence-electron chi connectivity index (χ1n) is 9.50. The van der Waals surface area contributed by atoms with Gasteiger partial charge in [0.2, 0.25) is 11.9 Å². The van der Waals surface area contributed by atoms with Gasteiger partial charge in [-0.2, -0.15) is 4.98 Å². The van der Waals surface area contributed by atoms with Gasteiger partial charge in [-0.1, -0.05) is 6.58 Å². The highest BCUT2D eigenvalue weighted by atomic mass is 16.2. The lowest BCUT2D eigenvalue weighted by Gasteiger charge is -2.31. The van der Waals surface area contributed by atoms with Crippen LogP contribution in [0.1, 0.15) is 50.5 Å². The first kappa shape index (κ1) is 18.5. The maximum Gasteiger partial charge on any atom is 0.225 e. The Balaban J connectivity index is 1.65. The molecule has 1 amide bonds. The summed E-state index contributed by atoms with van der Waals surface area (Å²) in [4.78, 5) is 22.8. The second-order valence-corrected chi connectivity index (χ2v) is 7.68. The summed E-state index contributed by atoms with van der Waals surface area (Å²) in [6, 6.07) is 0.757. The normalized spacial score (nSPS) is 23.0. The van der Waals surface area contributed by atoms with Crippen molar-refractivity contribution in [1.82, 2.24) is 14.9 Å². The summed E-state index contributed by atoms with van der Waals surface area (Å²) in [6.07, 6.45) is 9.00. The molecule has 2 saturated carbocycles. The molecule has 0 bridgehead atoms. The fourth-order valence-electron chi connectivity index (χ4n) is 3.57. The highest BCUT2D eigenvalue weighted by Crippen LogP contribution is 2.29. The molecule has 26 heavy (non-hydrogen) atoms. The van der Waals surface area contributed by atoms with Crippen molar-refractivity contribution in [3.05, 3.63) is 18.3 Å². The Morgan fingerprint density at radius 1 is 1.15 bits per heavy atom. The lowest BCUT2D eigenvalue weighted by molar-refractivity contribution is -0.133. The maximum atomic E-state index is 12.1. The van der Waals surface area contributed by atoms with Gasteiger partial charge in [0.05, 0.1) is 5.56 Å². The van der Waals surface area contributed by atoms with Crippen LogP contribution in [0, 0.1) is 5.92 Å². The van der Waals surface area contributed by atoms with E-state index in [1.807, 2.05) is 14.1 Å². The van der Waals surface area contributed by atoms with Crippen LogP contribution in [0.15, 0.2) is 12.8 Å².